The van der Waals surface area contributed by atoms with Gasteiger partial charge in [0.1, 0.15) is 0 Å². The van der Waals surface area contributed by atoms with Crippen LogP contribution in [0.3, 0.4) is 0 Å². The molecule has 0 radical (unpaired) electrons. The summed E-state index contributed by atoms with van der Waals surface area (Å²) in [6.45, 7) is 4.55. The molecule has 1 aliphatic heterocycles. The molecule has 20 heavy (non-hydrogen) atoms. The summed E-state index contributed by atoms with van der Waals surface area (Å²) in [6, 6.07) is 7.59. The van der Waals surface area contributed by atoms with E-state index in [1.807, 2.05) is 26.0 Å². The van der Waals surface area contributed by atoms with Crippen molar-refractivity contribution in [3.63, 3.8) is 0 Å². The Bertz CT molecular complexity index is 694. The number of fused-ring (bicyclic) bond motifs is 1. The number of nitrogen functional groups attached to an aromatic ring is 1. The largest absolute Gasteiger partial charge is 0.398 e. The molecule has 0 atom stereocenters. The van der Waals surface area contributed by atoms with Crippen molar-refractivity contribution >= 4 is 17.3 Å². The van der Waals surface area contributed by atoms with Crippen molar-refractivity contribution < 1.29 is 4.79 Å². The number of carbonyl (C=O) groups excluding carboxylic acids is 1. The number of hydrogen-bond donors (Lipinski definition) is 1. The monoisotopic (exact) mass is 267 g/mol. The molecule has 0 bridgehead atoms. The van der Waals surface area contributed by atoms with Gasteiger partial charge in [0.05, 0.1) is 5.56 Å². The highest BCUT2D eigenvalue weighted by Gasteiger charge is 2.27. The van der Waals surface area contributed by atoms with Gasteiger partial charge >= 0.3 is 0 Å². The minimum absolute atomic E-state index is 0.00222. The first kappa shape index (κ1) is 12.7. The third-order valence-corrected chi connectivity index (χ3v) is 3.85. The Morgan fingerprint density at radius 3 is 2.90 bits per heavy atom. The predicted molar refractivity (Wildman–Crippen MR) is 79.9 cm³/mol. The molecule has 0 saturated heterocycles. The number of anilines is 2. The van der Waals surface area contributed by atoms with Crippen LogP contribution in [0.25, 0.3) is 0 Å². The van der Waals surface area contributed by atoms with Crippen molar-refractivity contribution in [1.82, 2.24) is 4.98 Å². The molecule has 102 valence electrons. The lowest BCUT2D eigenvalue weighted by molar-refractivity contribution is 0.0988. The lowest BCUT2D eigenvalue weighted by atomic mass is 10.1. The van der Waals surface area contributed by atoms with Crippen LogP contribution in [0.15, 0.2) is 30.5 Å². The van der Waals surface area contributed by atoms with Gasteiger partial charge in [-0.15, -0.1) is 0 Å². The summed E-state index contributed by atoms with van der Waals surface area (Å²) < 4.78 is 0. The fourth-order valence-corrected chi connectivity index (χ4v) is 2.64. The molecule has 1 aliphatic rings. The third kappa shape index (κ3) is 1.93. The normalized spacial score (nSPS) is 13.4. The first-order chi connectivity index (χ1) is 9.58. The molecule has 1 aromatic carbocycles. The number of benzene rings is 1. The van der Waals surface area contributed by atoms with E-state index in [4.69, 9.17) is 5.73 Å². The molecule has 4 heteroatoms. The van der Waals surface area contributed by atoms with E-state index in [-0.39, 0.29) is 5.91 Å². The van der Waals surface area contributed by atoms with Gasteiger partial charge in [0.2, 0.25) is 0 Å². The van der Waals surface area contributed by atoms with E-state index < -0.39 is 0 Å². The molecule has 1 aromatic heterocycles. The SMILES string of the molecule is Cc1cc2c(cc1N)N(C(=O)c1cccnc1C)CC2. The summed E-state index contributed by atoms with van der Waals surface area (Å²) in [4.78, 5) is 18.7. The van der Waals surface area contributed by atoms with Crippen LogP contribution in [-0.4, -0.2) is 17.4 Å². The van der Waals surface area contributed by atoms with Crippen LogP contribution in [-0.2, 0) is 6.42 Å². The smallest absolute Gasteiger partial charge is 0.260 e. The molecule has 0 saturated carbocycles. The number of carbonyl (C=O) groups is 1. The van der Waals surface area contributed by atoms with Gasteiger partial charge in [0, 0.05) is 29.8 Å². The Balaban J connectivity index is 2.01. The number of nitrogens with zero attached hydrogens (tertiary/aromatic N) is 2. The molecule has 3 rings (SSSR count). The average Bonchev–Trinajstić information content (AvgIpc) is 2.82. The molecule has 2 aromatic rings. The van der Waals surface area contributed by atoms with Crippen molar-refractivity contribution in [1.29, 1.82) is 0 Å². The molecule has 0 aliphatic carbocycles. The molecule has 1 amide bonds. The Hall–Kier alpha value is -2.36. The van der Waals surface area contributed by atoms with Gasteiger partial charge in [-0.05, 0) is 49.6 Å². The van der Waals surface area contributed by atoms with Gasteiger partial charge in [0.15, 0.2) is 0 Å². The number of amides is 1. The second-order valence-electron chi connectivity index (χ2n) is 5.18. The highest BCUT2D eigenvalue weighted by atomic mass is 16.2. The van der Waals surface area contributed by atoms with Gasteiger partial charge in [0.25, 0.3) is 5.91 Å². The molecule has 2 N–H and O–H groups in total. The van der Waals surface area contributed by atoms with E-state index in [0.717, 1.165) is 29.1 Å². The quantitative estimate of drug-likeness (QED) is 0.807. The third-order valence-electron chi connectivity index (χ3n) is 3.85. The van der Waals surface area contributed by atoms with Crippen molar-refractivity contribution in [3.8, 4) is 0 Å². The fraction of sp³-hybridized carbons (Fsp3) is 0.250. The molecule has 2 heterocycles. The van der Waals surface area contributed by atoms with Crippen LogP contribution in [0.2, 0.25) is 0 Å². The highest BCUT2D eigenvalue weighted by Crippen LogP contribution is 2.33. The van der Waals surface area contributed by atoms with E-state index in [0.29, 0.717) is 12.1 Å². The van der Waals surface area contributed by atoms with E-state index in [1.54, 1.807) is 17.2 Å². The number of nitrogens with two attached hydrogens (primary N) is 1. The van der Waals surface area contributed by atoms with Gasteiger partial charge in [-0.1, -0.05) is 6.07 Å². The number of hydrogen-bond acceptors (Lipinski definition) is 3. The van der Waals surface area contributed by atoms with E-state index in [1.165, 1.54) is 5.56 Å². The zero-order valence-electron chi connectivity index (χ0n) is 11.7. The van der Waals surface area contributed by atoms with Crippen LogP contribution in [0.4, 0.5) is 11.4 Å². The maximum atomic E-state index is 12.7. The zero-order valence-corrected chi connectivity index (χ0v) is 11.7. The second-order valence-corrected chi connectivity index (χ2v) is 5.18. The van der Waals surface area contributed by atoms with Crippen molar-refractivity contribution in [2.75, 3.05) is 17.2 Å². The van der Waals surface area contributed by atoms with Crippen LogP contribution in [0, 0.1) is 13.8 Å². The van der Waals surface area contributed by atoms with E-state index >= 15 is 0 Å². The summed E-state index contributed by atoms with van der Waals surface area (Å²) in [5, 5.41) is 0. The average molecular weight is 267 g/mol. The summed E-state index contributed by atoms with van der Waals surface area (Å²) in [7, 11) is 0. The second kappa shape index (κ2) is 4.63. The van der Waals surface area contributed by atoms with Gasteiger partial charge in [-0.2, -0.15) is 0 Å². The van der Waals surface area contributed by atoms with Gasteiger partial charge in [-0.3, -0.25) is 9.78 Å². The Kier molecular flexibility index (Phi) is 2.93. The molecule has 0 unspecified atom stereocenters. The van der Waals surface area contributed by atoms with Gasteiger partial charge < -0.3 is 10.6 Å². The van der Waals surface area contributed by atoms with Crippen LogP contribution >= 0.6 is 0 Å². The first-order valence-corrected chi connectivity index (χ1v) is 6.70. The minimum atomic E-state index is -0.00222. The Morgan fingerprint density at radius 2 is 2.15 bits per heavy atom. The van der Waals surface area contributed by atoms with E-state index in [9.17, 15) is 4.79 Å². The summed E-state index contributed by atoms with van der Waals surface area (Å²) in [6.07, 6.45) is 2.58. The predicted octanol–water partition coefficient (Wildman–Crippen LogP) is 2.48. The van der Waals surface area contributed by atoms with Crippen LogP contribution < -0.4 is 10.6 Å². The summed E-state index contributed by atoms with van der Waals surface area (Å²) in [5.74, 6) is -0.00222. The summed E-state index contributed by atoms with van der Waals surface area (Å²) in [5.41, 5.74) is 11.3. The van der Waals surface area contributed by atoms with Crippen LogP contribution in [0.5, 0.6) is 0 Å². The van der Waals surface area contributed by atoms with E-state index in [2.05, 4.69) is 11.1 Å². The van der Waals surface area contributed by atoms with Crippen molar-refractivity contribution in [3.05, 3.63) is 52.8 Å². The minimum Gasteiger partial charge on any atom is -0.398 e. The lowest BCUT2D eigenvalue weighted by Gasteiger charge is -2.19. The maximum absolute atomic E-state index is 12.7. The molecule has 4 nitrogen and oxygen atoms in total. The fourth-order valence-electron chi connectivity index (χ4n) is 2.64. The van der Waals surface area contributed by atoms with Crippen LogP contribution in [0.1, 0.15) is 27.2 Å². The molecule has 0 fully saturated rings. The Morgan fingerprint density at radius 1 is 1.35 bits per heavy atom. The highest BCUT2D eigenvalue weighted by molar-refractivity contribution is 6.08. The van der Waals surface area contributed by atoms with Crippen molar-refractivity contribution in [2.24, 2.45) is 0 Å². The van der Waals surface area contributed by atoms with Crippen molar-refractivity contribution in [2.45, 2.75) is 20.3 Å². The topological polar surface area (TPSA) is 59.2 Å². The summed E-state index contributed by atoms with van der Waals surface area (Å²) >= 11 is 0. The standard InChI is InChI=1S/C16H17N3O/c1-10-8-12-5-7-19(15(12)9-14(10)17)16(20)13-4-3-6-18-11(13)2/h3-4,6,8-9H,5,7,17H2,1-2H3. The lowest BCUT2D eigenvalue weighted by Crippen LogP contribution is -2.29. The number of pyridine rings is 1. The number of rotatable bonds is 1. The number of aryl methyl sites for hydroxylation is 2. The maximum Gasteiger partial charge on any atom is 0.260 e. The Labute approximate surface area is 118 Å². The number of aromatic nitrogens is 1. The van der Waals surface area contributed by atoms with Gasteiger partial charge in [-0.25, -0.2) is 0 Å². The first-order valence-electron chi connectivity index (χ1n) is 6.70. The molecular formula is C16H17N3O. The molecular weight excluding hydrogens is 250 g/mol. The zero-order chi connectivity index (χ0) is 14.3. The molecule has 0 spiro atoms.